The molecular weight excluding hydrogens is 342 g/mol. The van der Waals surface area contributed by atoms with Gasteiger partial charge in [0.05, 0.1) is 7.05 Å². The zero-order valence-corrected chi connectivity index (χ0v) is 14.0. The average Bonchev–Trinajstić information content (AvgIpc) is 3.31. The summed E-state index contributed by atoms with van der Waals surface area (Å²) >= 11 is 0. The highest BCUT2D eigenvalue weighted by Gasteiger charge is 2.23. The van der Waals surface area contributed by atoms with Gasteiger partial charge in [0.15, 0.2) is 0 Å². The molecule has 26 heavy (non-hydrogen) atoms. The van der Waals surface area contributed by atoms with E-state index in [4.69, 9.17) is 4.74 Å². The molecule has 0 radical (unpaired) electrons. The fourth-order valence-electron chi connectivity index (χ4n) is 2.83. The van der Waals surface area contributed by atoms with Gasteiger partial charge in [-0.25, -0.2) is 8.78 Å². The Morgan fingerprint density at radius 1 is 1.27 bits per heavy atom. The summed E-state index contributed by atoms with van der Waals surface area (Å²) < 4.78 is 32.5. The second kappa shape index (κ2) is 6.75. The summed E-state index contributed by atoms with van der Waals surface area (Å²) in [5.74, 6) is 0.0321. The van der Waals surface area contributed by atoms with Crippen molar-refractivity contribution in [1.29, 1.82) is 0 Å². The summed E-state index contributed by atoms with van der Waals surface area (Å²) in [7, 11) is 1.67. The van der Waals surface area contributed by atoms with E-state index in [0.29, 0.717) is 34.9 Å². The Morgan fingerprint density at radius 2 is 2.15 bits per heavy atom. The summed E-state index contributed by atoms with van der Waals surface area (Å²) in [5.41, 5.74) is 2.30. The number of pyridine rings is 1. The van der Waals surface area contributed by atoms with Crippen molar-refractivity contribution in [3.05, 3.63) is 42.3 Å². The van der Waals surface area contributed by atoms with Crippen LogP contribution in [-0.2, 0) is 11.8 Å². The molecule has 134 valence electrons. The highest BCUT2D eigenvalue weighted by atomic mass is 19.1. The van der Waals surface area contributed by atoms with Crippen molar-refractivity contribution >= 4 is 5.69 Å². The zero-order valence-electron chi connectivity index (χ0n) is 14.0. The molecule has 0 N–H and O–H groups in total. The predicted octanol–water partition coefficient (Wildman–Crippen LogP) is 2.21. The lowest BCUT2D eigenvalue weighted by Gasteiger charge is -2.17. The van der Waals surface area contributed by atoms with E-state index >= 15 is 0 Å². The lowest BCUT2D eigenvalue weighted by Crippen LogP contribution is -2.22. The lowest BCUT2D eigenvalue weighted by molar-refractivity contribution is 0.0944. The Balaban J connectivity index is 1.56. The average molecular weight is 358 g/mol. The van der Waals surface area contributed by atoms with Crippen LogP contribution in [0.1, 0.15) is 0 Å². The third-order valence-electron chi connectivity index (χ3n) is 4.19. The second-order valence-electron chi connectivity index (χ2n) is 5.99. The maximum Gasteiger partial charge on any atom is 0.223 e. The Labute approximate surface area is 148 Å². The number of rotatable bonds is 4. The molecule has 1 aliphatic rings. The van der Waals surface area contributed by atoms with Gasteiger partial charge < -0.3 is 9.64 Å². The number of nitrogens with zero attached hydrogens (tertiary/aromatic N) is 6. The van der Waals surface area contributed by atoms with Gasteiger partial charge in [-0.15, -0.1) is 10.2 Å². The quantitative estimate of drug-likeness (QED) is 0.712. The van der Waals surface area contributed by atoms with Gasteiger partial charge >= 0.3 is 0 Å². The predicted molar refractivity (Wildman–Crippen MR) is 90.5 cm³/mol. The Hall–Kier alpha value is -2.94. The van der Waals surface area contributed by atoms with Crippen LogP contribution in [0, 0.1) is 5.82 Å². The van der Waals surface area contributed by atoms with E-state index in [0.717, 1.165) is 0 Å². The number of aromatic nitrogens is 5. The number of ether oxygens (including phenoxy) is 1. The summed E-state index contributed by atoms with van der Waals surface area (Å²) in [6, 6.07) is 8.39. The molecule has 4 rings (SSSR count). The summed E-state index contributed by atoms with van der Waals surface area (Å²) in [6.07, 6.45) is 1.12. The standard InChI is InChI=1S/C17H16F2N6O/c1-24-22-17(21-23-24)16-5-2-11(8-20-16)14-4-3-12(6-15(14)19)25-9-13(7-18)26-10-25/h2-6,8,13H,7,9-10H2,1H3/t13-/m0/s1. The minimum Gasteiger partial charge on any atom is -0.353 e. The van der Waals surface area contributed by atoms with Crippen molar-refractivity contribution in [3.8, 4) is 22.6 Å². The molecule has 0 saturated carbocycles. The van der Waals surface area contributed by atoms with E-state index in [1.807, 2.05) is 0 Å². The molecule has 0 bridgehead atoms. The maximum atomic E-state index is 14.6. The van der Waals surface area contributed by atoms with E-state index in [-0.39, 0.29) is 12.5 Å². The molecule has 3 aromatic rings. The molecule has 1 saturated heterocycles. The molecular formula is C17H16F2N6O. The topological polar surface area (TPSA) is 69.0 Å². The fraction of sp³-hybridized carbons (Fsp3) is 0.294. The number of halogens is 2. The van der Waals surface area contributed by atoms with Crippen molar-refractivity contribution in [1.82, 2.24) is 25.2 Å². The van der Waals surface area contributed by atoms with Gasteiger partial charge in [0.1, 0.15) is 31.0 Å². The lowest BCUT2D eigenvalue weighted by atomic mass is 10.1. The van der Waals surface area contributed by atoms with Crippen LogP contribution in [0.25, 0.3) is 22.6 Å². The van der Waals surface area contributed by atoms with Crippen LogP contribution < -0.4 is 4.90 Å². The normalized spacial score (nSPS) is 17.0. The molecule has 1 aliphatic heterocycles. The van der Waals surface area contributed by atoms with Crippen molar-refractivity contribution in [2.75, 3.05) is 24.9 Å². The second-order valence-corrected chi connectivity index (χ2v) is 5.99. The van der Waals surface area contributed by atoms with Crippen molar-refractivity contribution < 1.29 is 13.5 Å². The van der Waals surface area contributed by atoms with Gasteiger partial charge in [0, 0.05) is 29.6 Å². The highest BCUT2D eigenvalue weighted by Crippen LogP contribution is 2.28. The van der Waals surface area contributed by atoms with Gasteiger partial charge in [0.2, 0.25) is 5.82 Å². The summed E-state index contributed by atoms with van der Waals surface area (Å²) in [4.78, 5) is 7.43. The minimum absolute atomic E-state index is 0.259. The fourth-order valence-corrected chi connectivity index (χ4v) is 2.83. The van der Waals surface area contributed by atoms with E-state index in [1.54, 1.807) is 42.4 Å². The maximum absolute atomic E-state index is 14.6. The number of tetrazole rings is 1. The summed E-state index contributed by atoms with van der Waals surface area (Å²) in [5, 5.41) is 11.7. The number of hydrogen-bond acceptors (Lipinski definition) is 6. The van der Waals surface area contributed by atoms with Crippen LogP contribution in [0.15, 0.2) is 36.5 Å². The monoisotopic (exact) mass is 358 g/mol. The van der Waals surface area contributed by atoms with Crippen LogP contribution in [0.4, 0.5) is 14.5 Å². The number of alkyl halides is 1. The molecule has 0 unspecified atom stereocenters. The van der Waals surface area contributed by atoms with E-state index in [2.05, 4.69) is 20.4 Å². The van der Waals surface area contributed by atoms with Gasteiger partial charge in [-0.3, -0.25) is 4.98 Å². The van der Waals surface area contributed by atoms with E-state index < -0.39 is 12.8 Å². The molecule has 1 fully saturated rings. The Bertz CT molecular complexity index is 914. The first-order valence-electron chi connectivity index (χ1n) is 8.07. The Kier molecular flexibility index (Phi) is 4.29. The third-order valence-corrected chi connectivity index (χ3v) is 4.19. The first-order chi connectivity index (χ1) is 12.6. The van der Waals surface area contributed by atoms with Crippen LogP contribution >= 0.6 is 0 Å². The van der Waals surface area contributed by atoms with E-state index in [9.17, 15) is 8.78 Å². The molecule has 9 heteroatoms. The first kappa shape index (κ1) is 16.5. The number of benzene rings is 1. The number of hydrogen-bond donors (Lipinski definition) is 0. The number of anilines is 1. The molecule has 1 atom stereocenters. The molecule has 0 aliphatic carbocycles. The SMILES string of the molecule is Cn1nnc(-c2ccc(-c3ccc(N4CO[C@@H](CF)C4)cc3F)cn2)n1. The van der Waals surface area contributed by atoms with Crippen molar-refractivity contribution in [2.24, 2.45) is 7.05 Å². The zero-order chi connectivity index (χ0) is 18.1. The van der Waals surface area contributed by atoms with Gasteiger partial charge in [-0.2, -0.15) is 4.80 Å². The highest BCUT2D eigenvalue weighted by molar-refractivity contribution is 5.68. The smallest absolute Gasteiger partial charge is 0.223 e. The molecule has 0 spiro atoms. The molecule has 7 nitrogen and oxygen atoms in total. The van der Waals surface area contributed by atoms with Crippen LogP contribution in [0.2, 0.25) is 0 Å². The van der Waals surface area contributed by atoms with E-state index in [1.165, 1.54) is 10.9 Å². The van der Waals surface area contributed by atoms with Crippen LogP contribution in [0.5, 0.6) is 0 Å². The Morgan fingerprint density at radius 3 is 2.77 bits per heavy atom. The molecule has 2 aromatic heterocycles. The molecule has 0 amide bonds. The van der Waals surface area contributed by atoms with Gasteiger partial charge in [0.25, 0.3) is 0 Å². The molecule has 1 aromatic carbocycles. The van der Waals surface area contributed by atoms with Crippen LogP contribution in [-0.4, -0.2) is 51.2 Å². The largest absolute Gasteiger partial charge is 0.353 e. The minimum atomic E-state index is -0.546. The summed E-state index contributed by atoms with van der Waals surface area (Å²) in [6.45, 7) is 0.126. The van der Waals surface area contributed by atoms with Gasteiger partial charge in [-0.1, -0.05) is 6.07 Å². The first-order valence-corrected chi connectivity index (χ1v) is 8.07. The third kappa shape index (κ3) is 3.13. The van der Waals surface area contributed by atoms with Crippen molar-refractivity contribution in [3.63, 3.8) is 0 Å². The molecule has 3 heterocycles. The van der Waals surface area contributed by atoms with Crippen LogP contribution in [0.3, 0.4) is 0 Å². The number of aryl methyl sites for hydroxylation is 1. The van der Waals surface area contributed by atoms with Gasteiger partial charge in [-0.05, 0) is 29.5 Å². The van der Waals surface area contributed by atoms with Crippen molar-refractivity contribution in [2.45, 2.75) is 6.10 Å².